The average Bonchev–Trinajstić information content (AvgIpc) is 2.32. The van der Waals surface area contributed by atoms with Crippen molar-refractivity contribution in [2.24, 2.45) is 0 Å². The number of rotatable bonds is 2. The zero-order valence-electron chi connectivity index (χ0n) is 10.6. The minimum Gasteiger partial charge on any atom is -1.00 e. The van der Waals surface area contributed by atoms with Gasteiger partial charge in [-0.05, 0) is 35.9 Å². The summed E-state index contributed by atoms with van der Waals surface area (Å²) in [5.41, 5.74) is 0.699. The van der Waals surface area contributed by atoms with E-state index in [4.69, 9.17) is 0 Å². The first-order valence-corrected chi connectivity index (χ1v) is 4.81. The smallest absolute Gasteiger partial charge is 1.00 e. The fraction of sp³-hybridized carbons (Fsp3) is 0. The maximum atomic E-state index is 11.5. The molecule has 0 N–H and O–H groups in total. The molecule has 0 aromatic heterocycles. The molecule has 2 rings (SSSR count). The molecule has 1 aliphatic carbocycles. The van der Waals surface area contributed by atoms with Gasteiger partial charge in [0, 0.05) is 17.7 Å². The van der Waals surface area contributed by atoms with Gasteiger partial charge < -0.3 is 1.43 Å². The van der Waals surface area contributed by atoms with Crippen molar-refractivity contribution < 1.29 is 45.5 Å². The number of nitro benzene ring substituents is 1. The van der Waals surface area contributed by atoms with Gasteiger partial charge in [0.05, 0.1) is 4.92 Å². The molecule has 1 aromatic rings. The van der Waals surface area contributed by atoms with E-state index in [1.54, 1.807) is 0 Å². The number of hydrogen-bond donors (Lipinski definition) is 0. The quantitative estimate of drug-likeness (QED) is 0.287. The Labute approximate surface area is 126 Å². The predicted molar refractivity (Wildman–Crippen MR) is 61.3 cm³/mol. The molecule has 0 fully saturated rings. The van der Waals surface area contributed by atoms with E-state index in [2.05, 4.69) is 0 Å². The van der Waals surface area contributed by atoms with Crippen LogP contribution in [0.1, 0.15) is 6.99 Å². The summed E-state index contributed by atoms with van der Waals surface area (Å²) in [6.07, 6.45) is 3.61. The van der Waals surface area contributed by atoms with E-state index in [0.717, 1.165) is 0 Å². The van der Waals surface area contributed by atoms with E-state index in [-0.39, 0.29) is 53.8 Å². The number of non-ortho nitro benzene ring substituents is 1. The van der Waals surface area contributed by atoms with Crippen LogP contribution in [0.2, 0.25) is 0 Å². The summed E-state index contributed by atoms with van der Waals surface area (Å²) < 4.78 is 0. The van der Waals surface area contributed by atoms with Crippen molar-refractivity contribution in [3.8, 4) is 0 Å². The third-order valence-corrected chi connectivity index (χ3v) is 2.34. The second kappa shape index (κ2) is 5.86. The van der Waals surface area contributed by atoms with Crippen LogP contribution in [0.4, 0.5) is 5.69 Å². The maximum Gasteiger partial charge on any atom is 1.00 e. The van der Waals surface area contributed by atoms with E-state index in [9.17, 15) is 19.7 Å². The van der Waals surface area contributed by atoms with Gasteiger partial charge in [-0.3, -0.25) is 19.7 Å². The van der Waals surface area contributed by atoms with Crippen LogP contribution in [0.5, 0.6) is 0 Å². The van der Waals surface area contributed by atoms with Crippen LogP contribution < -0.4 is 29.6 Å². The van der Waals surface area contributed by atoms with Gasteiger partial charge in [-0.2, -0.15) is 0 Å². The summed E-state index contributed by atoms with van der Waals surface area (Å²) in [4.78, 5) is 32.6. The molecular formula is C12H8NNaO4. The van der Waals surface area contributed by atoms with Crippen LogP contribution in [0.3, 0.4) is 0 Å². The van der Waals surface area contributed by atoms with Crippen LogP contribution >= 0.6 is 0 Å². The first kappa shape index (κ1) is 14.5. The molecule has 1 aliphatic rings. The van der Waals surface area contributed by atoms with Crippen molar-refractivity contribution in [3.05, 3.63) is 58.2 Å². The average molecular weight is 253 g/mol. The zero-order valence-corrected chi connectivity index (χ0v) is 11.6. The Morgan fingerprint density at radius 3 is 2.22 bits per heavy atom. The summed E-state index contributed by atoms with van der Waals surface area (Å²) in [6, 6.07) is 5.50. The standard InChI is InChI=1S/C12H7NO4.Na.H/c14-10-5-6-12(15)11(7-10)8-1-3-9(4-2-8)13(16)17;;/h1-7H;;/q;+1;-1. The van der Waals surface area contributed by atoms with Crippen molar-refractivity contribution >= 4 is 22.8 Å². The van der Waals surface area contributed by atoms with Crippen molar-refractivity contribution in [2.75, 3.05) is 0 Å². The Morgan fingerprint density at radius 1 is 1.06 bits per heavy atom. The number of nitro groups is 1. The molecule has 5 nitrogen and oxygen atoms in total. The third-order valence-electron chi connectivity index (χ3n) is 2.34. The van der Waals surface area contributed by atoms with Gasteiger partial charge in [0.2, 0.25) is 0 Å². The molecule has 0 aliphatic heterocycles. The molecule has 0 heterocycles. The van der Waals surface area contributed by atoms with Gasteiger partial charge in [0.1, 0.15) is 0 Å². The number of allylic oxidation sites excluding steroid dienone is 4. The van der Waals surface area contributed by atoms with E-state index in [0.29, 0.717) is 5.56 Å². The number of nitrogens with zero attached hydrogens (tertiary/aromatic N) is 1. The Bertz CT molecular complexity index is 578. The monoisotopic (exact) mass is 253 g/mol. The van der Waals surface area contributed by atoms with Crippen LogP contribution in [0.25, 0.3) is 5.57 Å². The van der Waals surface area contributed by atoms with Gasteiger partial charge in [-0.1, -0.05) is 0 Å². The second-order valence-electron chi connectivity index (χ2n) is 3.46. The Balaban J connectivity index is 0.00000162. The van der Waals surface area contributed by atoms with Gasteiger partial charge in [-0.25, -0.2) is 0 Å². The third kappa shape index (κ3) is 3.01. The summed E-state index contributed by atoms with van der Waals surface area (Å²) in [5.74, 6) is -0.545. The molecule has 1 aromatic carbocycles. The van der Waals surface area contributed by atoms with Crippen LogP contribution in [0, 0.1) is 10.1 Å². The molecule has 0 saturated heterocycles. The molecule has 0 bridgehead atoms. The van der Waals surface area contributed by atoms with E-state index in [1.165, 1.54) is 42.5 Å². The van der Waals surface area contributed by atoms with Crippen molar-refractivity contribution in [3.63, 3.8) is 0 Å². The van der Waals surface area contributed by atoms with Crippen LogP contribution in [-0.4, -0.2) is 16.5 Å². The number of carbonyl (C=O) groups excluding carboxylic acids is 2. The summed E-state index contributed by atoms with van der Waals surface area (Å²) >= 11 is 0. The number of carbonyl (C=O) groups is 2. The number of hydrogen-bond acceptors (Lipinski definition) is 4. The molecule has 18 heavy (non-hydrogen) atoms. The molecule has 86 valence electrons. The number of ketones is 2. The summed E-state index contributed by atoms with van der Waals surface area (Å²) in [6.45, 7) is 0. The van der Waals surface area contributed by atoms with E-state index in [1.807, 2.05) is 0 Å². The Hall–Kier alpha value is -1.56. The maximum absolute atomic E-state index is 11.5. The fourth-order valence-electron chi connectivity index (χ4n) is 1.50. The van der Waals surface area contributed by atoms with Gasteiger partial charge in [0.15, 0.2) is 11.6 Å². The predicted octanol–water partition coefficient (Wildman–Crippen LogP) is -1.20. The topological polar surface area (TPSA) is 77.3 Å². The normalized spacial score (nSPS) is 13.9. The van der Waals surface area contributed by atoms with Crippen molar-refractivity contribution in [1.82, 2.24) is 0 Å². The van der Waals surface area contributed by atoms with Crippen LogP contribution in [0.15, 0.2) is 42.5 Å². The van der Waals surface area contributed by atoms with Crippen LogP contribution in [-0.2, 0) is 9.59 Å². The van der Waals surface area contributed by atoms with Gasteiger partial charge >= 0.3 is 29.6 Å². The first-order chi connectivity index (χ1) is 8.08. The number of benzene rings is 1. The minimum absolute atomic E-state index is 0. The molecule has 0 spiro atoms. The first-order valence-electron chi connectivity index (χ1n) is 4.81. The molecular weight excluding hydrogens is 245 g/mol. The van der Waals surface area contributed by atoms with Gasteiger partial charge in [-0.15, -0.1) is 0 Å². The fourth-order valence-corrected chi connectivity index (χ4v) is 1.50. The molecule has 0 unspecified atom stereocenters. The van der Waals surface area contributed by atoms with Crippen molar-refractivity contribution in [1.29, 1.82) is 0 Å². The molecule has 0 atom stereocenters. The molecule has 0 saturated carbocycles. The van der Waals surface area contributed by atoms with E-state index >= 15 is 0 Å². The molecule has 0 radical (unpaired) electrons. The summed E-state index contributed by atoms with van der Waals surface area (Å²) in [5, 5.41) is 10.5. The largest absolute Gasteiger partial charge is 1.00 e. The molecule has 0 amide bonds. The zero-order chi connectivity index (χ0) is 12.4. The molecule has 6 heteroatoms. The summed E-state index contributed by atoms with van der Waals surface area (Å²) in [7, 11) is 0. The SMILES string of the molecule is O=C1C=CC(=O)C(c2ccc([N+](=O)[O-])cc2)=C1.[H-].[Na+]. The van der Waals surface area contributed by atoms with Gasteiger partial charge in [0.25, 0.3) is 5.69 Å². The second-order valence-corrected chi connectivity index (χ2v) is 3.46. The Morgan fingerprint density at radius 2 is 1.67 bits per heavy atom. The Kier molecular flexibility index (Phi) is 4.72. The van der Waals surface area contributed by atoms with Crippen molar-refractivity contribution in [2.45, 2.75) is 0 Å². The minimum atomic E-state index is -0.522. The van der Waals surface area contributed by atoms with E-state index < -0.39 is 4.92 Å².